The van der Waals surface area contributed by atoms with Crippen molar-refractivity contribution in [3.8, 4) is 5.75 Å². The second-order valence-corrected chi connectivity index (χ2v) is 4.82. The SMILES string of the molecule is COc1ccc(N(C)C2CCCCC2N)cc1. The molecule has 1 aromatic rings. The van der Waals surface area contributed by atoms with Gasteiger partial charge < -0.3 is 15.4 Å². The van der Waals surface area contributed by atoms with E-state index in [2.05, 4.69) is 24.1 Å². The van der Waals surface area contributed by atoms with Gasteiger partial charge in [0.2, 0.25) is 0 Å². The standard InChI is InChI=1S/C14H22N2O/c1-16(14-6-4-3-5-13(14)15)11-7-9-12(17-2)10-8-11/h7-10,13-14H,3-6,15H2,1-2H3. The van der Waals surface area contributed by atoms with E-state index in [1.54, 1.807) is 7.11 Å². The lowest BCUT2D eigenvalue weighted by Gasteiger charge is -2.37. The first-order valence-corrected chi connectivity index (χ1v) is 6.35. The van der Waals surface area contributed by atoms with E-state index >= 15 is 0 Å². The zero-order valence-corrected chi connectivity index (χ0v) is 10.7. The van der Waals surface area contributed by atoms with Gasteiger partial charge in [0.25, 0.3) is 0 Å². The second kappa shape index (κ2) is 5.41. The van der Waals surface area contributed by atoms with Crippen LogP contribution >= 0.6 is 0 Å². The van der Waals surface area contributed by atoms with Crippen LogP contribution in [0.5, 0.6) is 5.75 Å². The zero-order chi connectivity index (χ0) is 12.3. The van der Waals surface area contributed by atoms with Gasteiger partial charge in [0.1, 0.15) is 5.75 Å². The number of benzene rings is 1. The van der Waals surface area contributed by atoms with Crippen molar-refractivity contribution in [3.05, 3.63) is 24.3 Å². The number of nitrogens with zero attached hydrogens (tertiary/aromatic N) is 1. The maximum atomic E-state index is 6.21. The predicted molar refractivity (Wildman–Crippen MR) is 71.6 cm³/mol. The summed E-state index contributed by atoms with van der Waals surface area (Å²) in [5.41, 5.74) is 7.42. The van der Waals surface area contributed by atoms with Crippen molar-refractivity contribution in [2.24, 2.45) is 5.73 Å². The molecule has 0 aromatic heterocycles. The molecule has 0 amide bonds. The average Bonchev–Trinajstić information content (AvgIpc) is 2.39. The van der Waals surface area contributed by atoms with Gasteiger partial charge in [0.15, 0.2) is 0 Å². The van der Waals surface area contributed by atoms with Crippen molar-refractivity contribution in [2.75, 3.05) is 19.1 Å². The Bertz CT molecular complexity index is 350. The van der Waals surface area contributed by atoms with E-state index in [1.165, 1.54) is 24.9 Å². The largest absolute Gasteiger partial charge is 0.497 e. The molecular weight excluding hydrogens is 212 g/mol. The number of hydrogen-bond acceptors (Lipinski definition) is 3. The van der Waals surface area contributed by atoms with Crippen LogP contribution in [0.15, 0.2) is 24.3 Å². The van der Waals surface area contributed by atoms with Crippen LogP contribution in [0.1, 0.15) is 25.7 Å². The Hall–Kier alpha value is -1.22. The number of ether oxygens (including phenoxy) is 1. The Balaban J connectivity index is 2.09. The molecule has 2 unspecified atom stereocenters. The van der Waals surface area contributed by atoms with Crippen molar-refractivity contribution in [1.29, 1.82) is 0 Å². The van der Waals surface area contributed by atoms with Crippen molar-refractivity contribution in [2.45, 2.75) is 37.8 Å². The fourth-order valence-electron chi connectivity index (χ4n) is 2.63. The Morgan fingerprint density at radius 2 is 1.82 bits per heavy atom. The quantitative estimate of drug-likeness (QED) is 0.872. The Kier molecular flexibility index (Phi) is 3.89. The molecule has 0 heterocycles. The molecular formula is C14H22N2O. The van der Waals surface area contributed by atoms with E-state index in [4.69, 9.17) is 10.5 Å². The van der Waals surface area contributed by atoms with E-state index in [0.717, 1.165) is 12.2 Å². The molecule has 2 N–H and O–H groups in total. The first kappa shape index (κ1) is 12.2. The van der Waals surface area contributed by atoms with Gasteiger partial charge in [-0.1, -0.05) is 12.8 Å². The van der Waals surface area contributed by atoms with Crippen LogP contribution in [-0.2, 0) is 0 Å². The van der Waals surface area contributed by atoms with Gasteiger partial charge in [-0.25, -0.2) is 0 Å². The van der Waals surface area contributed by atoms with Gasteiger partial charge >= 0.3 is 0 Å². The predicted octanol–water partition coefficient (Wildman–Crippen LogP) is 2.40. The third kappa shape index (κ3) is 2.72. The highest BCUT2D eigenvalue weighted by Gasteiger charge is 2.25. The van der Waals surface area contributed by atoms with Crippen molar-refractivity contribution in [3.63, 3.8) is 0 Å². The summed E-state index contributed by atoms with van der Waals surface area (Å²) in [5, 5.41) is 0. The smallest absolute Gasteiger partial charge is 0.119 e. The third-order valence-electron chi connectivity index (χ3n) is 3.76. The summed E-state index contributed by atoms with van der Waals surface area (Å²) in [6, 6.07) is 8.97. The molecule has 2 rings (SSSR count). The lowest BCUT2D eigenvalue weighted by molar-refractivity contribution is 0.373. The van der Waals surface area contributed by atoms with Gasteiger partial charge in [-0.3, -0.25) is 0 Å². The fourth-order valence-corrected chi connectivity index (χ4v) is 2.63. The number of nitrogens with two attached hydrogens (primary N) is 1. The fraction of sp³-hybridized carbons (Fsp3) is 0.571. The lowest BCUT2D eigenvalue weighted by atomic mass is 9.90. The highest BCUT2D eigenvalue weighted by molar-refractivity contribution is 5.49. The highest BCUT2D eigenvalue weighted by atomic mass is 16.5. The summed E-state index contributed by atoms with van der Waals surface area (Å²) >= 11 is 0. The summed E-state index contributed by atoms with van der Waals surface area (Å²) < 4.78 is 5.17. The molecule has 1 aliphatic rings. The zero-order valence-electron chi connectivity index (χ0n) is 10.7. The first-order chi connectivity index (χ1) is 8.22. The summed E-state index contributed by atoms with van der Waals surface area (Å²) in [4.78, 5) is 2.31. The van der Waals surface area contributed by atoms with Gasteiger partial charge in [0, 0.05) is 24.8 Å². The van der Waals surface area contributed by atoms with Crippen molar-refractivity contribution in [1.82, 2.24) is 0 Å². The number of anilines is 1. The molecule has 1 saturated carbocycles. The molecule has 1 aromatic carbocycles. The molecule has 17 heavy (non-hydrogen) atoms. The topological polar surface area (TPSA) is 38.5 Å². The molecule has 2 atom stereocenters. The van der Waals surface area contributed by atoms with Crippen LogP contribution < -0.4 is 15.4 Å². The molecule has 3 nitrogen and oxygen atoms in total. The summed E-state index contributed by atoms with van der Waals surface area (Å²) in [6.07, 6.45) is 4.90. The molecule has 3 heteroatoms. The van der Waals surface area contributed by atoms with E-state index in [1.807, 2.05) is 12.1 Å². The number of methoxy groups -OCH3 is 1. The Labute approximate surface area is 104 Å². The summed E-state index contributed by atoms with van der Waals surface area (Å²) in [6.45, 7) is 0. The lowest BCUT2D eigenvalue weighted by Crippen LogP contribution is -2.48. The number of likely N-dealkylation sites (N-methyl/N-ethyl adjacent to an activating group) is 1. The van der Waals surface area contributed by atoms with Crippen LogP contribution in [0.3, 0.4) is 0 Å². The summed E-state index contributed by atoms with van der Waals surface area (Å²) in [7, 11) is 3.83. The molecule has 0 spiro atoms. The van der Waals surface area contributed by atoms with Crippen LogP contribution in [0, 0.1) is 0 Å². The Morgan fingerprint density at radius 1 is 1.18 bits per heavy atom. The molecule has 0 aliphatic heterocycles. The van der Waals surface area contributed by atoms with Crippen molar-refractivity contribution >= 4 is 5.69 Å². The first-order valence-electron chi connectivity index (χ1n) is 6.35. The Morgan fingerprint density at radius 3 is 2.41 bits per heavy atom. The maximum absolute atomic E-state index is 6.21. The summed E-state index contributed by atoms with van der Waals surface area (Å²) in [5.74, 6) is 0.898. The van der Waals surface area contributed by atoms with E-state index in [9.17, 15) is 0 Å². The monoisotopic (exact) mass is 234 g/mol. The van der Waals surface area contributed by atoms with Gasteiger partial charge in [-0.2, -0.15) is 0 Å². The minimum Gasteiger partial charge on any atom is -0.497 e. The van der Waals surface area contributed by atoms with Crippen LogP contribution in [0.25, 0.3) is 0 Å². The number of rotatable bonds is 3. The van der Waals surface area contributed by atoms with Crippen LogP contribution in [-0.4, -0.2) is 26.2 Å². The number of hydrogen-bond donors (Lipinski definition) is 1. The molecule has 0 radical (unpaired) electrons. The van der Waals surface area contributed by atoms with Crippen molar-refractivity contribution < 1.29 is 4.74 Å². The normalized spacial score (nSPS) is 24.4. The minimum absolute atomic E-state index is 0.302. The van der Waals surface area contributed by atoms with E-state index in [0.29, 0.717) is 12.1 Å². The molecule has 94 valence electrons. The second-order valence-electron chi connectivity index (χ2n) is 4.82. The van der Waals surface area contributed by atoms with E-state index in [-0.39, 0.29) is 0 Å². The van der Waals surface area contributed by atoms with Gasteiger partial charge in [-0.05, 0) is 37.1 Å². The average molecular weight is 234 g/mol. The molecule has 1 fully saturated rings. The molecule has 1 aliphatic carbocycles. The van der Waals surface area contributed by atoms with Crippen LogP contribution in [0.2, 0.25) is 0 Å². The van der Waals surface area contributed by atoms with Crippen LogP contribution in [0.4, 0.5) is 5.69 Å². The van der Waals surface area contributed by atoms with Gasteiger partial charge in [-0.15, -0.1) is 0 Å². The molecule has 0 bridgehead atoms. The highest BCUT2D eigenvalue weighted by Crippen LogP contribution is 2.26. The molecule has 0 saturated heterocycles. The third-order valence-corrected chi connectivity index (χ3v) is 3.76. The van der Waals surface area contributed by atoms with Gasteiger partial charge in [0.05, 0.1) is 7.11 Å². The maximum Gasteiger partial charge on any atom is 0.119 e. The minimum atomic E-state index is 0.302. The van der Waals surface area contributed by atoms with E-state index < -0.39 is 0 Å².